The minimum Gasteiger partial charge on any atom is -0.508 e. The number of phenolic OH excluding ortho intramolecular Hbond substituents is 1. The Kier molecular flexibility index (Phi) is 36.9. The average Bonchev–Trinajstić information content (AvgIpc) is 1.67. The third-order valence-electron chi connectivity index (χ3n) is 16.5. The topological polar surface area (TPSA) is 481 Å². The molecule has 17 N–H and O–H groups in total. The summed E-state index contributed by atoms with van der Waals surface area (Å²) in [4.78, 5) is 150. The van der Waals surface area contributed by atoms with Gasteiger partial charge >= 0.3 is 23.9 Å². The second kappa shape index (κ2) is 45.3. The van der Waals surface area contributed by atoms with Crippen LogP contribution in [0, 0.1) is 11.6 Å². The van der Waals surface area contributed by atoms with Crippen LogP contribution in [0.5, 0.6) is 11.5 Å². The van der Waals surface area contributed by atoms with Gasteiger partial charge in [-0.15, -0.1) is 0 Å². The second-order valence-corrected chi connectivity index (χ2v) is 24.7. The van der Waals surface area contributed by atoms with Gasteiger partial charge in [0.25, 0.3) is 0 Å². The Hall–Kier alpha value is -9.72. The number of nitrogens with two attached hydrogens (primary N) is 1. The van der Waals surface area contributed by atoms with Gasteiger partial charge in [0.2, 0.25) is 41.4 Å². The van der Waals surface area contributed by atoms with Crippen molar-refractivity contribution >= 4 is 71.2 Å². The lowest BCUT2D eigenvalue weighted by Crippen LogP contribution is -2.50. The number of phenols is 1. The fourth-order valence-electron chi connectivity index (χ4n) is 11.1. The summed E-state index contributed by atoms with van der Waals surface area (Å²) in [5.41, 5.74) is 7.89. The molecule has 36 heteroatoms. The monoisotopic (exact) mass is 1450 g/mol. The van der Waals surface area contributed by atoms with Crippen LogP contribution in [0.15, 0.2) is 65.7 Å². The molecule has 0 spiro atoms. The number of hydrogen-bond donors (Lipinski definition) is 16. The van der Waals surface area contributed by atoms with E-state index in [-0.39, 0.29) is 194 Å². The molecule has 0 aromatic heterocycles. The maximum atomic E-state index is 14.7. The van der Waals surface area contributed by atoms with Crippen molar-refractivity contribution in [3.05, 3.63) is 94.6 Å². The SMILES string of the molecule is CCC(=O)NCCNC(=O)/N=C(/N)NCCC[C@@H](NC(=O)[C@H](c1ccc(OCCCNC(=O)C[C@H](O)C[C@H](O)CCNC(=O)CCC(=O)NCCNC(=O)CN2CCN(CC(=O)O)CCN(CC(=O)O)CCN(CC(=O)O)CC2)cc1)N1Cc2ccccc2C1)C(=O)NCc1c(F)cc(O)cc1F. The molecule has 9 amide bonds. The number of carbonyl (C=O) groups excluding carboxylic acids is 8. The summed E-state index contributed by atoms with van der Waals surface area (Å²) in [7, 11) is 0. The van der Waals surface area contributed by atoms with Gasteiger partial charge in [-0.1, -0.05) is 43.3 Å². The van der Waals surface area contributed by atoms with Crippen LogP contribution in [0.2, 0.25) is 0 Å². The number of ether oxygens (including phenoxy) is 1. The zero-order chi connectivity index (χ0) is 75.2. The summed E-state index contributed by atoms with van der Waals surface area (Å²) in [6.45, 7) is 3.39. The summed E-state index contributed by atoms with van der Waals surface area (Å²) in [6.07, 6.45) is -2.32. The number of carbonyl (C=O) groups is 11. The molecule has 2 aliphatic rings. The van der Waals surface area contributed by atoms with Gasteiger partial charge in [0.1, 0.15) is 35.2 Å². The number of hydrogen-bond acceptors (Lipinski definition) is 20. The highest BCUT2D eigenvalue weighted by Crippen LogP contribution is 2.33. The zero-order valence-corrected chi connectivity index (χ0v) is 57.8. The fraction of sp³-hybridized carbons (Fsp3) is 0.552. The van der Waals surface area contributed by atoms with Crippen LogP contribution in [-0.4, -0.2) is 276 Å². The number of benzene rings is 3. The van der Waals surface area contributed by atoms with Gasteiger partial charge in [0, 0.05) is 155 Å². The first kappa shape index (κ1) is 83.9. The average molecular weight is 1450 g/mol. The van der Waals surface area contributed by atoms with E-state index in [1.807, 2.05) is 29.2 Å². The van der Waals surface area contributed by atoms with Crippen molar-refractivity contribution in [3.8, 4) is 11.5 Å². The molecule has 0 bridgehead atoms. The van der Waals surface area contributed by atoms with E-state index < -0.39 is 113 Å². The predicted molar refractivity (Wildman–Crippen MR) is 368 cm³/mol. The smallest absolute Gasteiger partial charge is 0.344 e. The maximum absolute atomic E-state index is 14.7. The zero-order valence-electron chi connectivity index (χ0n) is 57.8. The third kappa shape index (κ3) is 33.3. The number of rotatable bonds is 41. The highest BCUT2D eigenvalue weighted by atomic mass is 19.1. The standard InChI is InChI=1S/C67H98F2N16O18/c1-2-55(89)73-22-23-77-67(102)80-66(70)76-17-5-9-54(64(100)78-37-51-52(68)34-49(88)35-53(51)69)79-65(101)63(85-38-45-7-3-4-8-46(45)39-85)44-10-12-50(13-11-44)103-32-6-18-71-58(92)36-48(87)33-47(86)16-19-72-56(90)14-15-57(91)74-20-21-75-59(93)40-81-24-26-82(41-60(94)95)28-30-84(43-62(98)99)31-29-83(27-25-81)42-61(96)97/h3-4,7-8,10-13,34-35,47-48,54,63,86-88H,2,5-6,9,14-33,36-43H2,1H3,(H,71,92)(H,72,90)(H,73,89)(H,74,91)(H,75,93)(H,78,100)(H,79,101)(H,94,95)(H,96,97)(H,98,99)(H4,70,76,77,80,102)/t47-,48-,54-,63+/m1/s1. The van der Waals surface area contributed by atoms with E-state index in [1.165, 1.54) is 0 Å². The number of guanidine groups is 1. The van der Waals surface area contributed by atoms with Crippen molar-refractivity contribution < 1.29 is 96.9 Å². The van der Waals surface area contributed by atoms with Gasteiger partial charge in [-0.3, -0.25) is 72.4 Å². The van der Waals surface area contributed by atoms with Crippen molar-refractivity contribution in [3.63, 3.8) is 0 Å². The van der Waals surface area contributed by atoms with Gasteiger partial charge in [0.05, 0.1) is 51.4 Å². The van der Waals surface area contributed by atoms with Crippen LogP contribution in [0.3, 0.4) is 0 Å². The number of aliphatic hydroxyl groups excluding tert-OH is 2. The molecular weight excluding hydrogens is 1350 g/mol. The lowest BCUT2D eigenvalue weighted by molar-refractivity contribution is -0.140. The molecular formula is C67H98F2N16O18. The number of fused-ring (bicyclic) bond motifs is 1. The molecule has 4 atom stereocenters. The number of halogens is 2. The second-order valence-electron chi connectivity index (χ2n) is 24.7. The summed E-state index contributed by atoms with van der Waals surface area (Å²) >= 11 is 0. The Labute approximate surface area is 594 Å². The maximum Gasteiger partial charge on any atom is 0.344 e. The number of aliphatic imine (C=N–C) groups is 1. The Morgan fingerprint density at radius 1 is 0.553 bits per heavy atom. The van der Waals surface area contributed by atoms with Crippen molar-refractivity contribution in [2.75, 3.05) is 131 Å². The van der Waals surface area contributed by atoms with Crippen LogP contribution < -0.4 is 58.3 Å². The van der Waals surface area contributed by atoms with E-state index >= 15 is 0 Å². The van der Waals surface area contributed by atoms with Gasteiger partial charge in [-0.05, 0) is 60.9 Å². The van der Waals surface area contributed by atoms with Gasteiger partial charge in [-0.25, -0.2) is 13.6 Å². The number of urea groups is 1. The first-order valence-electron chi connectivity index (χ1n) is 34.1. The number of aliphatic hydroxyl groups is 2. The number of aliphatic carboxylic acids is 3. The van der Waals surface area contributed by atoms with Crippen molar-refractivity contribution in [1.82, 2.24) is 72.4 Å². The van der Waals surface area contributed by atoms with Gasteiger partial charge in [-0.2, -0.15) is 4.99 Å². The van der Waals surface area contributed by atoms with Gasteiger partial charge in [0.15, 0.2) is 5.96 Å². The third-order valence-corrected chi connectivity index (χ3v) is 16.5. The van der Waals surface area contributed by atoms with Crippen molar-refractivity contribution in [2.45, 2.75) is 109 Å². The Balaban J connectivity index is 1.01. The Morgan fingerprint density at radius 3 is 1.57 bits per heavy atom. The number of carboxylic acid groups (broad SMARTS) is 3. The number of nitrogens with zero attached hydrogens (tertiary/aromatic N) is 6. The van der Waals surface area contributed by atoms with Crippen LogP contribution in [0.1, 0.15) is 93.0 Å². The number of amides is 9. The quantitative estimate of drug-likeness (QED) is 0.0163. The molecule has 0 unspecified atom stereocenters. The Bertz CT molecular complexity index is 3260. The van der Waals surface area contributed by atoms with E-state index in [2.05, 4.69) is 52.8 Å². The molecule has 5 rings (SSSR count). The summed E-state index contributed by atoms with van der Waals surface area (Å²) < 4.78 is 35.4. The van der Waals surface area contributed by atoms with Crippen molar-refractivity contribution in [1.29, 1.82) is 0 Å². The predicted octanol–water partition coefficient (Wildman–Crippen LogP) is -2.17. The lowest BCUT2D eigenvalue weighted by atomic mass is 10.0. The number of carboxylic acids is 3. The van der Waals surface area contributed by atoms with Crippen LogP contribution in [0.4, 0.5) is 13.6 Å². The highest BCUT2D eigenvalue weighted by Gasteiger charge is 2.35. The van der Waals surface area contributed by atoms with Crippen LogP contribution in [-0.2, 0) is 67.6 Å². The molecule has 0 saturated carbocycles. The molecule has 1 saturated heterocycles. The van der Waals surface area contributed by atoms with E-state index in [1.54, 1.807) is 50.8 Å². The Morgan fingerprint density at radius 2 is 1.04 bits per heavy atom. The normalized spacial score (nSPS) is 15.4. The van der Waals surface area contributed by atoms with Crippen LogP contribution >= 0.6 is 0 Å². The molecule has 2 aliphatic heterocycles. The fourth-order valence-corrected chi connectivity index (χ4v) is 11.1. The summed E-state index contributed by atoms with van der Waals surface area (Å²) in [6, 6.07) is 12.7. The number of aromatic hydroxyl groups is 1. The molecule has 34 nitrogen and oxygen atoms in total. The highest BCUT2D eigenvalue weighted by molar-refractivity contribution is 5.92. The molecule has 3 aromatic rings. The lowest BCUT2D eigenvalue weighted by Gasteiger charge is -2.32. The van der Waals surface area contributed by atoms with E-state index in [9.17, 15) is 92.2 Å². The van der Waals surface area contributed by atoms with Crippen molar-refractivity contribution in [2.24, 2.45) is 10.7 Å². The first-order valence-corrected chi connectivity index (χ1v) is 34.1. The van der Waals surface area contributed by atoms with Gasteiger partial charge < -0.3 is 89.0 Å². The first-order chi connectivity index (χ1) is 49.2. The minimum absolute atomic E-state index is 0.0154. The molecule has 103 heavy (non-hydrogen) atoms. The summed E-state index contributed by atoms with van der Waals surface area (Å²) in [5, 5.41) is 82.9. The molecule has 0 aliphatic carbocycles. The molecule has 0 radical (unpaired) electrons. The van der Waals surface area contributed by atoms with E-state index in [0.29, 0.717) is 43.0 Å². The van der Waals surface area contributed by atoms with Crippen LogP contribution in [0.25, 0.3) is 0 Å². The summed E-state index contributed by atoms with van der Waals surface area (Å²) in [5.74, 6) is -9.28. The largest absolute Gasteiger partial charge is 0.508 e. The molecule has 2 heterocycles. The van der Waals surface area contributed by atoms with E-state index in [0.717, 1.165) is 11.1 Å². The number of nitrogens with one attached hydrogen (secondary N) is 9. The molecule has 3 aromatic carbocycles. The minimum atomic E-state index is -1.27. The molecule has 1 fully saturated rings. The van der Waals surface area contributed by atoms with E-state index in [4.69, 9.17) is 10.5 Å². The molecule has 568 valence electrons.